The van der Waals surface area contributed by atoms with E-state index in [1.807, 2.05) is 53.3 Å². The smallest absolute Gasteiger partial charge is 0.248 e. The van der Waals surface area contributed by atoms with Gasteiger partial charge in [-0.2, -0.15) is 5.10 Å². The fraction of sp³-hybridized carbons (Fsp3) is 0.143. The molecule has 1 aromatic heterocycles. The molecule has 1 heterocycles. The molecule has 2 aromatic carbocycles. The third-order valence-electron chi connectivity index (χ3n) is 3.90. The first-order valence-electron chi connectivity index (χ1n) is 8.37. The number of anilines is 1. The lowest BCUT2D eigenvalue weighted by molar-refractivity contribution is -0.111. The number of nitrogens with zero attached hydrogens (tertiary/aromatic N) is 2. The van der Waals surface area contributed by atoms with Gasteiger partial charge in [0.25, 0.3) is 0 Å². The van der Waals surface area contributed by atoms with E-state index in [9.17, 15) is 4.79 Å². The van der Waals surface area contributed by atoms with Gasteiger partial charge in [0.2, 0.25) is 5.91 Å². The molecule has 4 nitrogen and oxygen atoms in total. The molecular formula is C21H21N3O. The van der Waals surface area contributed by atoms with Crippen LogP contribution in [0.1, 0.15) is 23.6 Å². The SMILES string of the molecule is CCc1ccc(NC(=O)/C=C/c2cnn(Cc3ccccc3)c2)cc1. The number of carbonyl (C=O) groups is 1. The fourth-order valence-electron chi connectivity index (χ4n) is 2.50. The molecule has 0 bridgehead atoms. The van der Waals surface area contributed by atoms with Gasteiger partial charge in [0.05, 0.1) is 12.7 Å². The second-order valence-electron chi connectivity index (χ2n) is 5.83. The molecule has 0 saturated heterocycles. The van der Waals surface area contributed by atoms with E-state index in [2.05, 4.69) is 29.5 Å². The Hall–Kier alpha value is -3.14. The van der Waals surface area contributed by atoms with Crippen molar-refractivity contribution in [3.05, 3.63) is 89.8 Å². The Morgan fingerprint density at radius 2 is 1.84 bits per heavy atom. The van der Waals surface area contributed by atoms with Crippen LogP contribution < -0.4 is 5.32 Å². The summed E-state index contributed by atoms with van der Waals surface area (Å²) in [6.45, 7) is 2.82. The molecule has 1 N–H and O–H groups in total. The number of aryl methyl sites for hydroxylation is 1. The highest BCUT2D eigenvalue weighted by molar-refractivity contribution is 6.01. The van der Waals surface area contributed by atoms with Crippen molar-refractivity contribution in [3.8, 4) is 0 Å². The second kappa shape index (κ2) is 8.11. The van der Waals surface area contributed by atoms with Crippen molar-refractivity contribution in [1.82, 2.24) is 9.78 Å². The van der Waals surface area contributed by atoms with E-state index in [-0.39, 0.29) is 5.91 Å². The summed E-state index contributed by atoms with van der Waals surface area (Å²) < 4.78 is 1.86. The quantitative estimate of drug-likeness (QED) is 0.690. The molecule has 0 aliphatic rings. The summed E-state index contributed by atoms with van der Waals surface area (Å²) in [5, 5.41) is 7.18. The second-order valence-corrected chi connectivity index (χ2v) is 5.83. The van der Waals surface area contributed by atoms with E-state index >= 15 is 0 Å². The van der Waals surface area contributed by atoms with Crippen LogP contribution in [0, 0.1) is 0 Å². The van der Waals surface area contributed by atoms with Crippen LogP contribution >= 0.6 is 0 Å². The molecule has 0 atom stereocenters. The predicted molar refractivity (Wildman–Crippen MR) is 101 cm³/mol. The van der Waals surface area contributed by atoms with Crippen LogP contribution in [0.4, 0.5) is 5.69 Å². The molecule has 4 heteroatoms. The lowest BCUT2D eigenvalue weighted by atomic mass is 10.1. The van der Waals surface area contributed by atoms with Crippen LogP contribution in [0.25, 0.3) is 6.08 Å². The van der Waals surface area contributed by atoms with Gasteiger partial charge in [0.1, 0.15) is 0 Å². The van der Waals surface area contributed by atoms with Crippen LogP contribution in [0.15, 0.2) is 73.1 Å². The topological polar surface area (TPSA) is 46.9 Å². The van der Waals surface area contributed by atoms with E-state index in [4.69, 9.17) is 0 Å². The zero-order valence-electron chi connectivity index (χ0n) is 14.2. The monoisotopic (exact) mass is 331 g/mol. The molecule has 0 radical (unpaired) electrons. The van der Waals surface area contributed by atoms with Crippen molar-refractivity contribution in [2.45, 2.75) is 19.9 Å². The molecule has 0 fully saturated rings. The third kappa shape index (κ3) is 4.91. The highest BCUT2D eigenvalue weighted by Gasteiger charge is 2.00. The van der Waals surface area contributed by atoms with Crippen LogP contribution in [0.2, 0.25) is 0 Å². The maximum Gasteiger partial charge on any atom is 0.248 e. The van der Waals surface area contributed by atoms with Gasteiger partial charge in [-0.1, -0.05) is 49.4 Å². The van der Waals surface area contributed by atoms with Gasteiger partial charge in [-0.25, -0.2) is 0 Å². The van der Waals surface area contributed by atoms with Gasteiger partial charge >= 0.3 is 0 Å². The summed E-state index contributed by atoms with van der Waals surface area (Å²) in [7, 11) is 0. The maximum atomic E-state index is 12.0. The van der Waals surface area contributed by atoms with Crippen molar-refractivity contribution in [2.75, 3.05) is 5.32 Å². The first-order valence-corrected chi connectivity index (χ1v) is 8.37. The van der Waals surface area contributed by atoms with Crippen molar-refractivity contribution < 1.29 is 4.79 Å². The summed E-state index contributed by atoms with van der Waals surface area (Å²) in [5.74, 6) is -0.153. The van der Waals surface area contributed by atoms with E-state index in [1.54, 1.807) is 12.3 Å². The minimum absolute atomic E-state index is 0.153. The van der Waals surface area contributed by atoms with Crippen molar-refractivity contribution in [2.24, 2.45) is 0 Å². The van der Waals surface area contributed by atoms with Crippen LogP contribution in [0.3, 0.4) is 0 Å². The van der Waals surface area contributed by atoms with Crippen LogP contribution in [-0.2, 0) is 17.8 Å². The molecule has 3 aromatic rings. The van der Waals surface area contributed by atoms with Crippen molar-refractivity contribution in [3.63, 3.8) is 0 Å². The standard InChI is InChI=1S/C21H21N3O/c1-2-17-8-11-20(12-9-17)23-21(25)13-10-19-14-22-24(16-19)15-18-6-4-3-5-7-18/h3-14,16H,2,15H2,1H3,(H,23,25)/b13-10+. The molecule has 126 valence electrons. The van der Waals surface area contributed by atoms with E-state index in [1.165, 1.54) is 17.2 Å². The number of hydrogen-bond acceptors (Lipinski definition) is 2. The van der Waals surface area contributed by atoms with Gasteiger partial charge in [0, 0.05) is 23.5 Å². The molecule has 0 unspecified atom stereocenters. The first kappa shape index (κ1) is 16.7. The number of rotatable bonds is 6. The number of benzene rings is 2. The molecular weight excluding hydrogens is 310 g/mol. The average Bonchev–Trinajstić information content (AvgIpc) is 3.09. The lowest BCUT2D eigenvalue weighted by Gasteiger charge is -2.03. The summed E-state index contributed by atoms with van der Waals surface area (Å²) >= 11 is 0. The van der Waals surface area contributed by atoms with Crippen LogP contribution in [0.5, 0.6) is 0 Å². The van der Waals surface area contributed by atoms with Gasteiger partial charge in [-0.3, -0.25) is 9.48 Å². The molecule has 3 rings (SSSR count). The van der Waals surface area contributed by atoms with Gasteiger partial charge in [0.15, 0.2) is 0 Å². The molecule has 0 spiro atoms. The van der Waals surface area contributed by atoms with Gasteiger partial charge < -0.3 is 5.32 Å². The Bertz CT molecular complexity index is 848. The van der Waals surface area contributed by atoms with Crippen molar-refractivity contribution >= 4 is 17.7 Å². The summed E-state index contributed by atoms with van der Waals surface area (Å²) in [6, 6.07) is 18.0. The van der Waals surface area contributed by atoms with Gasteiger partial charge in [-0.15, -0.1) is 0 Å². The summed E-state index contributed by atoms with van der Waals surface area (Å²) in [4.78, 5) is 12.0. The van der Waals surface area contributed by atoms with Gasteiger partial charge in [-0.05, 0) is 35.8 Å². The fourth-order valence-corrected chi connectivity index (χ4v) is 2.50. The Morgan fingerprint density at radius 3 is 2.56 bits per heavy atom. The number of amides is 1. The Kier molecular flexibility index (Phi) is 5.42. The zero-order chi connectivity index (χ0) is 17.5. The van der Waals surface area contributed by atoms with E-state index in [0.717, 1.165) is 17.7 Å². The number of nitrogens with one attached hydrogen (secondary N) is 1. The molecule has 0 saturated carbocycles. The molecule has 0 aliphatic heterocycles. The average molecular weight is 331 g/mol. The number of hydrogen-bond donors (Lipinski definition) is 1. The minimum Gasteiger partial charge on any atom is -0.323 e. The third-order valence-corrected chi connectivity index (χ3v) is 3.90. The Balaban J connectivity index is 1.57. The highest BCUT2D eigenvalue weighted by atomic mass is 16.1. The zero-order valence-corrected chi connectivity index (χ0v) is 14.2. The van der Waals surface area contributed by atoms with Crippen molar-refractivity contribution in [1.29, 1.82) is 0 Å². The molecule has 25 heavy (non-hydrogen) atoms. The minimum atomic E-state index is -0.153. The van der Waals surface area contributed by atoms with E-state index in [0.29, 0.717) is 6.54 Å². The summed E-state index contributed by atoms with van der Waals surface area (Å²) in [5.41, 5.74) is 4.13. The normalized spacial score (nSPS) is 10.9. The Labute approximate surface area is 147 Å². The Morgan fingerprint density at radius 1 is 1.08 bits per heavy atom. The predicted octanol–water partition coefficient (Wildman–Crippen LogP) is 4.15. The van der Waals surface area contributed by atoms with E-state index < -0.39 is 0 Å². The summed E-state index contributed by atoms with van der Waals surface area (Å²) in [6.07, 6.45) is 7.96. The largest absolute Gasteiger partial charge is 0.323 e. The van der Waals surface area contributed by atoms with Crippen LogP contribution in [-0.4, -0.2) is 15.7 Å². The molecule has 0 aliphatic carbocycles. The lowest BCUT2D eigenvalue weighted by Crippen LogP contribution is -2.07. The maximum absolute atomic E-state index is 12.0. The number of aromatic nitrogens is 2. The number of carbonyl (C=O) groups excluding carboxylic acids is 1. The molecule has 1 amide bonds. The first-order chi connectivity index (χ1) is 12.2. The highest BCUT2D eigenvalue weighted by Crippen LogP contribution is 2.10.